The molecule has 3 amide bonds. The predicted octanol–water partition coefficient (Wildman–Crippen LogP) is 3.35. The Balaban J connectivity index is 1.99. The quantitative estimate of drug-likeness (QED) is 0.230. The van der Waals surface area contributed by atoms with Gasteiger partial charge in [0, 0.05) is 18.0 Å². The van der Waals surface area contributed by atoms with Crippen molar-refractivity contribution in [1.82, 2.24) is 21.1 Å². The van der Waals surface area contributed by atoms with E-state index in [-0.39, 0.29) is 29.9 Å². The maximum atomic E-state index is 14.4. The predicted molar refractivity (Wildman–Crippen MR) is 153 cm³/mol. The smallest absolute Gasteiger partial charge is 0.325 e. The van der Waals surface area contributed by atoms with Gasteiger partial charge in [-0.1, -0.05) is 39.5 Å². The molecule has 5 atom stereocenters. The number of carbonyl (C=O) groups excluding carboxylic acids is 4. The first-order valence-electron chi connectivity index (χ1n) is 13.9. The molecule has 41 heavy (non-hydrogen) atoms. The van der Waals surface area contributed by atoms with E-state index in [1.54, 1.807) is 39.8 Å². The highest BCUT2D eigenvalue weighted by Crippen LogP contribution is 2.26. The van der Waals surface area contributed by atoms with Crippen LogP contribution in [0.5, 0.6) is 5.75 Å². The zero-order valence-electron chi connectivity index (χ0n) is 24.6. The summed E-state index contributed by atoms with van der Waals surface area (Å²) in [5.41, 5.74) is 3.04. The number of hydrazine groups is 1. The average molecular weight is 575 g/mol. The van der Waals surface area contributed by atoms with E-state index < -0.39 is 47.8 Å². The second kappa shape index (κ2) is 15.9. The minimum atomic E-state index is -0.931. The van der Waals surface area contributed by atoms with Crippen LogP contribution in [0.2, 0.25) is 0 Å². The van der Waals surface area contributed by atoms with Crippen LogP contribution in [0.1, 0.15) is 65.5 Å². The zero-order valence-corrected chi connectivity index (χ0v) is 24.6. The molecule has 1 fully saturated rings. The molecule has 0 aromatic heterocycles. The first kappa shape index (κ1) is 33.5. The summed E-state index contributed by atoms with van der Waals surface area (Å²) < 4.78 is 25.4. The van der Waals surface area contributed by atoms with E-state index in [1.807, 2.05) is 0 Å². The van der Waals surface area contributed by atoms with Gasteiger partial charge in [0.05, 0.1) is 0 Å². The molecule has 0 bridgehead atoms. The number of ether oxygens (including phenoxy) is 2. The minimum Gasteiger partial charge on any atom is -0.490 e. The van der Waals surface area contributed by atoms with Crippen molar-refractivity contribution < 1.29 is 33.0 Å². The number of rotatable bonds is 14. The van der Waals surface area contributed by atoms with Crippen LogP contribution in [0.25, 0.3) is 0 Å². The van der Waals surface area contributed by atoms with Gasteiger partial charge in [-0.2, -0.15) is 0 Å². The van der Waals surface area contributed by atoms with E-state index in [9.17, 15) is 23.6 Å². The van der Waals surface area contributed by atoms with Crippen LogP contribution < -0.4 is 20.8 Å². The van der Waals surface area contributed by atoms with Crippen LogP contribution in [0.15, 0.2) is 43.5 Å². The Morgan fingerprint density at radius 2 is 1.80 bits per heavy atom. The van der Waals surface area contributed by atoms with Gasteiger partial charge in [0.25, 0.3) is 5.91 Å². The van der Waals surface area contributed by atoms with Gasteiger partial charge in [0.1, 0.15) is 42.4 Å². The number of benzene rings is 1. The molecular weight excluding hydrogens is 531 g/mol. The summed E-state index contributed by atoms with van der Waals surface area (Å²) in [5, 5.41) is 6.72. The molecule has 1 aliphatic rings. The number of halogens is 1. The van der Waals surface area contributed by atoms with Crippen molar-refractivity contribution in [2.45, 2.75) is 78.1 Å². The van der Waals surface area contributed by atoms with E-state index in [2.05, 4.69) is 29.2 Å². The fraction of sp³-hybridized carbons (Fsp3) is 0.533. The van der Waals surface area contributed by atoms with Crippen molar-refractivity contribution in [3.63, 3.8) is 0 Å². The van der Waals surface area contributed by atoms with E-state index in [0.29, 0.717) is 31.6 Å². The summed E-state index contributed by atoms with van der Waals surface area (Å²) in [6.07, 6.45) is 3.69. The van der Waals surface area contributed by atoms with E-state index in [4.69, 9.17) is 9.47 Å². The summed E-state index contributed by atoms with van der Waals surface area (Å²) in [5.74, 6) is -2.53. The Morgan fingerprint density at radius 1 is 1.10 bits per heavy atom. The van der Waals surface area contributed by atoms with E-state index >= 15 is 0 Å². The van der Waals surface area contributed by atoms with E-state index in [0.717, 1.165) is 0 Å². The summed E-state index contributed by atoms with van der Waals surface area (Å²) >= 11 is 0. The number of nitrogens with zero attached hydrogens (tertiary/aromatic N) is 1. The standard InChI is InChI=1S/C30H43FN4O6/c1-8-11-19(5)27(36)33-26(18(3)4)28(37)32-20(6)29(38)35-15-10-12-25(34-35)30(39)41-21(7)23-17-22(40-16-9-2)13-14-24(23)31/h8-9,13-14,17-21,25-26,34H,1-2,10-12,15-16H2,3-7H3,(H,32,37)(H,33,36)/t19?,20?,21-,25?,26+/m1/s1. The molecule has 3 unspecified atom stereocenters. The summed E-state index contributed by atoms with van der Waals surface area (Å²) in [6, 6.07) is 1.59. The summed E-state index contributed by atoms with van der Waals surface area (Å²) in [6.45, 7) is 16.2. The molecule has 2 rings (SSSR count). The molecule has 1 aliphatic heterocycles. The highest BCUT2D eigenvalue weighted by Gasteiger charge is 2.34. The largest absolute Gasteiger partial charge is 0.490 e. The Bertz CT molecular complexity index is 1110. The normalized spacial score (nSPS) is 17.9. The third-order valence-electron chi connectivity index (χ3n) is 6.75. The van der Waals surface area contributed by atoms with Crippen LogP contribution >= 0.6 is 0 Å². The van der Waals surface area contributed by atoms with Gasteiger partial charge >= 0.3 is 5.97 Å². The van der Waals surface area contributed by atoms with Gasteiger partial charge in [-0.15, -0.1) is 6.58 Å². The first-order valence-corrected chi connectivity index (χ1v) is 13.9. The second-order valence-corrected chi connectivity index (χ2v) is 10.6. The fourth-order valence-corrected chi connectivity index (χ4v) is 4.30. The monoisotopic (exact) mass is 574 g/mol. The van der Waals surface area contributed by atoms with Crippen molar-refractivity contribution in [3.05, 3.63) is 54.9 Å². The number of allylic oxidation sites excluding steroid dienone is 1. The molecule has 0 radical (unpaired) electrons. The Labute approximate surface area is 241 Å². The van der Waals surface area contributed by atoms with Crippen molar-refractivity contribution in [1.29, 1.82) is 0 Å². The molecule has 1 aromatic rings. The molecule has 11 heteroatoms. The molecule has 1 heterocycles. The second-order valence-electron chi connectivity index (χ2n) is 10.6. The van der Waals surface area contributed by atoms with Crippen molar-refractivity contribution >= 4 is 23.7 Å². The summed E-state index contributed by atoms with van der Waals surface area (Å²) in [4.78, 5) is 51.5. The molecule has 0 spiro atoms. The number of hydrogen-bond acceptors (Lipinski definition) is 7. The maximum Gasteiger partial charge on any atom is 0.325 e. The number of hydrogen-bond donors (Lipinski definition) is 3. The zero-order chi connectivity index (χ0) is 30.7. The number of carbonyl (C=O) groups is 4. The third kappa shape index (κ3) is 9.70. The van der Waals surface area contributed by atoms with Gasteiger partial charge < -0.3 is 20.1 Å². The van der Waals surface area contributed by atoms with Crippen LogP contribution in [-0.4, -0.2) is 60.0 Å². The SMILES string of the molecule is C=CCOc1ccc(F)c([C@@H](C)OC(=O)C2CCCN(C(=O)C(C)NC(=O)[C@@H](NC(=O)C(C)CC=C)C(C)C)N2)c1. The van der Waals surface area contributed by atoms with Crippen LogP contribution in [-0.2, 0) is 23.9 Å². The van der Waals surface area contributed by atoms with Crippen LogP contribution in [0, 0.1) is 17.7 Å². The van der Waals surface area contributed by atoms with Crippen LogP contribution in [0.4, 0.5) is 4.39 Å². The molecular formula is C30H43FN4O6. The molecule has 0 saturated carbocycles. The molecule has 0 aliphatic carbocycles. The average Bonchev–Trinajstić information content (AvgIpc) is 2.94. The molecule has 226 valence electrons. The lowest BCUT2D eigenvalue weighted by Crippen LogP contribution is -2.61. The fourth-order valence-electron chi connectivity index (χ4n) is 4.30. The van der Waals surface area contributed by atoms with Crippen LogP contribution in [0.3, 0.4) is 0 Å². The highest BCUT2D eigenvalue weighted by atomic mass is 19.1. The van der Waals surface area contributed by atoms with Gasteiger partial charge in [-0.05, 0) is 57.2 Å². The number of nitrogens with one attached hydrogen (secondary N) is 3. The van der Waals surface area contributed by atoms with Gasteiger partial charge in [-0.3, -0.25) is 24.2 Å². The van der Waals surface area contributed by atoms with E-state index in [1.165, 1.54) is 30.1 Å². The maximum absolute atomic E-state index is 14.4. The minimum absolute atomic E-state index is 0.158. The Hall–Kier alpha value is -3.73. The Kier molecular flexibility index (Phi) is 13.0. The molecule has 3 N–H and O–H groups in total. The highest BCUT2D eigenvalue weighted by molar-refractivity contribution is 5.92. The van der Waals surface area contributed by atoms with Gasteiger partial charge in [-0.25, -0.2) is 9.82 Å². The molecule has 10 nitrogen and oxygen atoms in total. The lowest BCUT2D eigenvalue weighted by Gasteiger charge is -2.35. The van der Waals surface area contributed by atoms with Crippen molar-refractivity contribution in [3.8, 4) is 5.75 Å². The van der Waals surface area contributed by atoms with Gasteiger partial charge in [0.2, 0.25) is 11.8 Å². The third-order valence-corrected chi connectivity index (χ3v) is 6.75. The first-order chi connectivity index (χ1) is 19.4. The molecule has 1 aromatic carbocycles. The van der Waals surface area contributed by atoms with Crippen molar-refractivity contribution in [2.24, 2.45) is 11.8 Å². The Morgan fingerprint density at radius 3 is 2.44 bits per heavy atom. The lowest BCUT2D eigenvalue weighted by molar-refractivity contribution is -0.157. The molecule has 1 saturated heterocycles. The van der Waals surface area contributed by atoms with Crippen molar-refractivity contribution in [2.75, 3.05) is 13.2 Å². The van der Waals surface area contributed by atoms with Gasteiger partial charge in [0.15, 0.2) is 0 Å². The lowest BCUT2D eigenvalue weighted by atomic mass is 10.0. The topological polar surface area (TPSA) is 126 Å². The number of esters is 1. The summed E-state index contributed by atoms with van der Waals surface area (Å²) in [7, 11) is 0. The number of amides is 3.